The molecule has 0 aliphatic heterocycles. The molecule has 0 radical (unpaired) electrons. The summed E-state index contributed by atoms with van der Waals surface area (Å²) in [7, 11) is 0. The summed E-state index contributed by atoms with van der Waals surface area (Å²) < 4.78 is 0. The smallest absolute Gasteiger partial charge is 0.0613 e. The van der Waals surface area contributed by atoms with Gasteiger partial charge in [-0.1, -0.05) is 26.7 Å². The monoisotopic (exact) mass is 227 g/mol. The lowest BCUT2D eigenvalue weighted by Crippen LogP contribution is -2.54. The second kappa shape index (κ2) is 6.61. The highest BCUT2D eigenvalue weighted by atomic mass is 16.3. The Morgan fingerprint density at radius 1 is 1.31 bits per heavy atom. The zero-order chi connectivity index (χ0) is 12.0. The van der Waals surface area contributed by atoms with Crippen LogP contribution < -0.4 is 5.32 Å². The summed E-state index contributed by atoms with van der Waals surface area (Å²) >= 11 is 0. The van der Waals surface area contributed by atoms with Crippen LogP contribution >= 0.6 is 0 Å². The van der Waals surface area contributed by atoms with Crippen molar-refractivity contribution in [1.82, 2.24) is 5.32 Å². The zero-order valence-corrected chi connectivity index (χ0v) is 11.3. The number of hydrogen-bond donors (Lipinski definition) is 2. The minimum Gasteiger partial charge on any atom is -0.394 e. The van der Waals surface area contributed by atoms with Gasteiger partial charge >= 0.3 is 0 Å². The number of hydrogen-bond acceptors (Lipinski definition) is 2. The Balaban J connectivity index is 2.44. The van der Waals surface area contributed by atoms with Gasteiger partial charge in [-0.25, -0.2) is 0 Å². The van der Waals surface area contributed by atoms with E-state index in [9.17, 15) is 5.11 Å². The van der Waals surface area contributed by atoms with Crippen molar-refractivity contribution < 1.29 is 5.11 Å². The van der Waals surface area contributed by atoms with Gasteiger partial charge < -0.3 is 10.4 Å². The maximum atomic E-state index is 9.64. The molecule has 16 heavy (non-hydrogen) atoms. The van der Waals surface area contributed by atoms with Crippen molar-refractivity contribution in [3.63, 3.8) is 0 Å². The van der Waals surface area contributed by atoms with Crippen molar-refractivity contribution in [3.8, 4) is 0 Å². The Labute approximate surface area is 101 Å². The number of aliphatic hydroxyl groups excluding tert-OH is 1. The van der Waals surface area contributed by atoms with E-state index in [0.29, 0.717) is 12.6 Å². The molecule has 0 aromatic heterocycles. The molecule has 0 heterocycles. The summed E-state index contributed by atoms with van der Waals surface area (Å²) in [4.78, 5) is 0. The van der Waals surface area contributed by atoms with Gasteiger partial charge in [-0.15, -0.1) is 0 Å². The van der Waals surface area contributed by atoms with Crippen molar-refractivity contribution >= 4 is 0 Å². The summed E-state index contributed by atoms with van der Waals surface area (Å²) in [6.45, 7) is 6.99. The van der Waals surface area contributed by atoms with Crippen molar-refractivity contribution in [2.24, 2.45) is 5.92 Å². The average Bonchev–Trinajstić information content (AvgIpc) is 2.32. The minimum absolute atomic E-state index is 0.0274. The van der Waals surface area contributed by atoms with Gasteiger partial charge in [-0.2, -0.15) is 0 Å². The van der Waals surface area contributed by atoms with Crippen LogP contribution in [0.4, 0.5) is 0 Å². The van der Waals surface area contributed by atoms with E-state index in [2.05, 4.69) is 26.1 Å². The largest absolute Gasteiger partial charge is 0.394 e. The van der Waals surface area contributed by atoms with Gasteiger partial charge in [0.25, 0.3) is 0 Å². The molecule has 0 amide bonds. The summed E-state index contributed by atoms with van der Waals surface area (Å²) in [5.74, 6) is 0.906. The molecule has 1 aliphatic rings. The van der Waals surface area contributed by atoms with Gasteiger partial charge in [0, 0.05) is 11.6 Å². The maximum absolute atomic E-state index is 9.64. The van der Waals surface area contributed by atoms with E-state index < -0.39 is 0 Å². The fraction of sp³-hybridized carbons (Fsp3) is 1.00. The second-order valence-corrected chi connectivity index (χ2v) is 5.62. The Morgan fingerprint density at radius 2 is 1.94 bits per heavy atom. The molecule has 1 fully saturated rings. The average molecular weight is 227 g/mol. The summed E-state index contributed by atoms with van der Waals surface area (Å²) in [6.07, 6.45) is 8.69. The Bertz CT molecular complexity index is 185. The van der Waals surface area contributed by atoms with Crippen molar-refractivity contribution in [2.75, 3.05) is 6.61 Å². The molecule has 1 rings (SSSR count). The standard InChI is InChI=1S/C14H29NO/c1-4-6-13-7-9-14(11-16,10-8-13)15-12(3)5-2/h12-13,15-16H,4-11H2,1-3H3. The lowest BCUT2D eigenvalue weighted by Gasteiger charge is -2.41. The third-order valence-electron chi connectivity index (χ3n) is 4.23. The highest BCUT2D eigenvalue weighted by molar-refractivity contribution is 4.93. The molecule has 0 spiro atoms. The zero-order valence-electron chi connectivity index (χ0n) is 11.3. The summed E-state index contributed by atoms with van der Waals surface area (Å²) in [6, 6.07) is 0.523. The van der Waals surface area contributed by atoms with Gasteiger partial charge in [0.15, 0.2) is 0 Å². The van der Waals surface area contributed by atoms with Gasteiger partial charge in [0.2, 0.25) is 0 Å². The molecule has 0 bridgehead atoms. The van der Waals surface area contributed by atoms with E-state index in [4.69, 9.17) is 0 Å². The lowest BCUT2D eigenvalue weighted by molar-refractivity contribution is 0.0903. The molecular weight excluding hydrogens is 198 g/mol. The number of nitrogens with one attached hydrogen (secondary N) is 1. The SMILES string of the molecule is CCCC1CCC(CO)(NC(C)CC)CC1. The molecule has 1 unspecified atom stereocenters. The first-order chi connectivity index (χ1) is 7.65. The van der Waals surface area contributed by atoms with Crippen LogP contribution in [0.15, 0.2) is 0 Å². The predicted molar refractivity (Wildman–Crippen MR) is 69.6 cm³/mol. The molecule has 2 N–H and O–H groups in total. The second-order valence-electron chi connectivity index (χ2n) is 5.62. The van der Waals surface area contributed by atoms with Crippen LogP contribution in [0.1, 0.15) is 65.7 Å². The lowest BCUT2D eigenvalue weighted by atomic mass is 9.75. The maximum Gasteiger partial charge on any atom is 0.0613 e. The molecule has 1 atom stereocenters. The van der Waals surface area contributed by atoms with Gasteiger partial charge in [0.05, 0.1) is 6.61 Å². The van der Waals surface area contributed by atoms with E-state index in [1.165, 1.54) is 25.7 Å². The van der Waals surface area contributed by atoms with Crippen molar-refractivity contribution in [3.05, 3.63) is 0 Å². The summed E-state index contributed by atoms with van der Waals surface area (Å²) in [5, 5.41) is 13.3. The first kappa shape index (κ1) is 14.0. The molecule has 1 aliphatic carbocycles. The number of rotatable bonds is 6. The van der Waals surface area contributed by atoms with E-state index in [1.54, 1.807) is 0 Å². The molecule has 96 valence electrons. The molecule has 2 nitrogen and oxygen atoms in total. The highest BCUT2D eigenvalue weighted by Gasteiger charge is 2.34. The fourth-order valence-electron chi connectivity index (χ4n) is 2.90. The normalized spacial score (nSPS) is 32.6. The van der Waals surface area contributed by atoms with Crippen LogP contribution in [-0.2, 0) is 0 Å². The molecule has 1 saturated carbocycles. The van der Waals surface area contributed by atoms with Gasteiger partial charge in [0.1, 0.15) is 0 Å². The predicted octanol–water partition coefficient (Wildman–Crippen LogP) is 3.10. The van der Waals surface area contributed by atoms with E-state index >= 15 is 0 Å². The summed E-state index contributed by atoms with van der Waals surface area (Å²) in [5.41, 5.74) is 0.0274. The van der Waals surface area contributed by atoms with Gasteiger partial charge in [-0.05, 0) is 44.9 Å². The van der Waals surface area contributed by atoms with Crippen LogP contribution in [0.2, 0.25) is 0 Å². The van der Waals surface area contributed by atoms with Crippen LogP contribution in [0.25, 0.3) is 0 Å². The minimum atomic E-state index is 0.0274. The molecular formula is C14H29NO. The highest BCUT2D eigenvalue weighted by Crippen LogP contribution is 2.34. The Kier molecular flexibility index (Phi) is 5.77. The molecule has 2 heteroatoms. The van der Waals surface area contributed by atoms with Gasteiger partial charge in [-0.3, -0.25) is 0 Å². The molecule has 0 saturated heterocycles. The topological polar surface area (TPSA) is 32.3 Å². The van der Waals surface area contributed by atoms with E-state index in [-0.39, 0.29) is 5.54 Å². The third-order valence-corrected chi connectivity index (χ3v) is 4.23. The van der Waals surface area contributed by atoms with Crippen LogP contribution in [0.3, 0.4) is 0 Å². The van der Waals surface area contributed by atoms with E-state index in [0.717, 1.165) is 25.2 Å². The molecule has 0 aromatic carbocycles. The van der Waals surface area contributed by atoms with Crippen LogP contribution in [0, 0.1) is 5.92 Å². The third kappa shape index (κ3) is 3.74. The quantitative estimate of drug-likeness (QED) is 0.731. The van der Waals surface area contributed by atoms with Crippen molar-refractivity contribution in [2.45, 2.75) is 77.3 Å². The Morgan fingerprint density at radius 3 is 2.38 bits per heavy atom. The fourth-order valence-corrected chi connectivity index (χ4v) is 2.90. The van der Waals surface area contributed by atoms with Crippen LogP contribution in [0.5, 0.6) is 0 Å². The van der Waals surface area contributed by atoms with Crippen LogP contribution in [-0.4, -0.2) is 23.3 Å². The van der Waals surface area contributed by atoms with E-state index in [1.807, 2.05) is 0 Å². The first-order valence-electron chi connectivity index (χ1n) is 7.04. The van der Waals surface area contributed by atoms with Crippen molar-refractivity contribution in [1.29, 1.82) is 0 Å². The Hall–Kier alpha value is -0.0800. The molecule has 0 aromatic rings. The number of aliphatic hydroxyl groups is 1. The first-order valence-corrected chi connectivity index (χ1v) is 7.04.